The smallest absolute Gasteiger partial charge is 0.258 e. The summed E-state index contributed by atoms with van der Waals surface area (Å²) in [6.45, 7) is 4.94. The second kappa shape index (κ2) is 9.46. The summed E-state index contributed by atoms with van der Waals surface area (Å²) in [6, 6.07) is 19.5. The first-order valence-corrected chi connectivity index (χ1v) is 11.5. The fourth-order valence-corrected chi connectivity index (χ4v) is 4.59. The van der Waals surface area contributed by atoms with Gasteiger partial charge in [-0.3, -0.25) is 14.3 Å². The summed E-state index contributed by atoms with van der Waals surface area (Å²) in [5.41, 5.74) is 4.95. The largest absolute Gasteiger partial charge is 0.497 e. The summed E-state index contributed by atoms with van der Waals surface area (Å²) >= 11 is 0. The van der Waals surface area contributed by atoms with Gasteiger partial charge in [-0.15, -0.1) is 0 Å². The lowest BCUT2D eigenvalue weighted by atomic mass is 10.1. The van der Waals surface area contributed by atoms with E-state index in [4.69, 9.17) is 4.74 Å². The maximum atomic E-state index is 12.3. The molecule has 2 aromatic carbocycles. The molecule has 0 spiro atoms. The minimum atomic E-state index is -0.111. The first kappa shape index (κ1) is 21.8. The first-order chi connectivity index (χ1) is 16.6. The Kier molecular flexibility index (Phi) is 6.07. The molecule has 0 radical (unpaired) electrons. The monoisotopic (exact) mass is 453 g/mol. The fraction of sp³-hybridized carbons (Fsp3) is 0.259. The number of hydrogen-bond donors (Lipinski definition) is 1. The second-order valence-corrected chi connectivity index (χ2v) is 8.56. The number of pyridine rings is 1. The van der Waals surface area contributed by atoms with Gasteiger partial charge in [0.1, 0.15) is 5.75 Å². The van der Waals surface area contributed by atoms with Crippen LogP contribution in [0, 0.1) is 11.3 Å². The zero-order valence-corrected chi connectivity index (χ0v) is 19.2. The van der Waals surface area contributed by atoms with Crippen LogP contribution in [0.2, 0.25) is 0 Å². The van der Waals surface area contributed by atoms with Crippen LogP contribution in [0.3, 0.4) is 0 Å². The van der Waals surface area contributed by atoms with Crippen molar-refractivity contribution < 1.29 is 4.74 Å². The van der Waals surface area contributed by atoms with Gasteiger partial charge in [0.05, 0.1) is 18.7 Å². The van der Waals surface area contributed by atoms with Gasteiger partial charge in [0.25, 0.3) is 5.56 Å². The average molecular weight is 454 g/mol. The summed E-state index contributed by atoms with van der Waals surface area (Å²) in [7, 11) is 1.56. The van der Waals surface area contributed by atoms with Crippen molar-refractivity contribution in [1.82, 2.24) is 14.5 Å². The quantitative estimate of drug-likeness (QED) is 0.483. The van der Waals surface area contributed by atoms with Crippen LogP contribution in [-0.4, -0.2) is 54.3 Å². The SMILES string of the molecule is COc1ccn(-c2ccc(N3CCN(CCc4c[nH]c5ccc(C#N)cc45)CC3)cc2)c(=O)c1. The third-order valence-electron chi connectivity index (χ3n) is 6.59. The fourth-order valence-electron chi connectivity index (χ4n) is 4.59. The van der Waals surface area contributed by atoms with Crippen molar-refractivity contribution in [1.29, 1.82) is 5.26 Å². The van der Waals surface area contributed by atoms with Gasteiger partial charge in [0.15, 0.2) is 0 Å². The molecule has 1 fully saturated rings. The van der Waals surface area contributed by atoms with E-state index in [-0.39, 0.29) is 5.56 Å². The van der Waals surface area contributed by atoms with Crippen LogP contribution in [0.5, 0.6) is 5.75 Å². The lowest BCUT2D eigenvalue weighted by Crippen LogP contribution is -2.47. The van der Waals surface area contributed by atoms with Crippen molar-refractivity contribution in [2.45, 2.75) is 6.42 Å². The molecule has 7 heteroatoms. The zero-order chi connectivity index (χ0) is 23.5. The number of H-pyrrole nitrogens is 1. The van der Waals surface area contributed by atoms with Crippen molar-refractivity contribution in [3.8, 4) is 17.5 Å². The standard InChI is InChI=1S/C27H27N5O2/c1-34-24-9-11-32(27(33)17-24)23-5-3-22(4-6-23)31-14-12-30(13-15-31)10-8-21-19-29-26-7-2-20(18-28)16-25(21)26/h2-7,9,11,16-17,19,29H,8,10,12-15H2,1H3. The third-order valence-corrected chi connectivity index (χ3v) is 6.59. The average Bonchev–Trinajstić information content (AvgIpc) is 3.30. The van der Waals surface area contributed by atoms with Gasteiger partial charge in [-0.25, -0.2) is 0 Å². The Morgan fingerprint density at radius 2 is 1.76 bits per heavy atom. The molecule has 2 aromatic heterocycles. The van der Waals surface area contributed by atoms with Gasteiger partial charge < -0.3 is 14.6 Å². The molecule has 0 bridgehead atoms. The van der Waals surface area contributed by atoms with Crippen molar-refractivity contribution in [3.05, 3.63) is 88.5 Å². The van der Waals surface area contributed by atoms with Crippen LogP contribution < -0.4 is 15.2 Å². The van der Waals surface area contributed by atoms with Gasteiger partial charge in [0.2, 0.25) is 0 Å². The molecular weight excluding hydrogens is 426 g/mol. The van der Waals surface area contributed by atoms with Gasteiger partial charge in [0, 0.05) is 73.5 Å². The first-order valence-electron chi connectivity index (χ1n) is 11.5. The summed E-state index contributed by atoms with van der Waals surface area (Å²) in [5.74, 6) is 0.562. The molecule has 172 valence electrons. The molecule has 4 aromatic rings. The third kappa shape index (κ3) is 4.41. The van der Waals surface area contributed by atoms with Crippen LogP contribution in [-0.2, 0) is 6.42 Å². The van der Waals surface area contributed by atoms with Gasteiger partial charge in [-0.2, -0.15) is 5.26 Å². The number of aromatic amines is 1. The number of anilines is 1. The van der Waals surface area contributed by atoms with E-state index in [0.29, 0.717) is 11.3 Å². The predicted octanol–water partition coefficient (Wildman–Crippen LogP) is 3.56. The second-order valence-electron chi connectivity index (χ2n) is 8.56. The van der Waals surface area contributed by atoms with Crippen molar-refractivity contribution in [2.24, 2.45) is 0 Å². The van der Waals surface area contributed by atoms with Crippen LogP contribution in [0.4, 0.5) is 5.69 Å². The van der Waals surface area contributed by atoms with Gasteiger partial charge in [-0.1, -0.05) is 0 Å². The molecule has 0 amide bonds. The maximum Gasteiger partial charge on any atom is 0.258 e. The summed E-state index contributed by atoms with van der Waals surface area (Å²) in [5, 5.41) is 10.3. The minimum Gasteiger partial charge on any atom is -0.497 e. The number of nitrogens with one attached hydrogen (secondary N) is 1. The molecule has 0 atom stereocenters. The molecule has 5 rings (SSSR count). The van der Waals surface area contributed by atoms with E-state index in [1.807, 2.05) is 30.3 Å². The van der Waals surface area contributed by atoms with Crippen molar-refractivity contribution >= 4 is 16.6 Å². The number of rotatable bonds is 6. The number of aromatic nitrogens is 2. The number of benzene rings is 2. The molecule has 3 heterocycles. The highest BCUT2D eigenvalue weighted by Crippen LogP contribution is 2.22. The van der Waals surface area contributed by atoms with E-state index in [0.717, 1.165) is 55.7 Å². The number of piperazine rings is 1. The maximum absolute atomic E-state index is 12.3. The van der Waals surface area contributed by atoms with Crippen LogP contribution >= 0.6 is 0 Å². The molecule has 0 aliphatic carbocycles. The highest BCUT2D eigenvalue weighted by molar-refractivity contribution is 5.84. The van der Waals surface area contributed by atoms with Crippen LogP contribution in [0.15, 0.2) is 71.8 Å². The lowest BCUT2D eigenvalue weighted by molar-refractivity contribution is 0.261. The molecule has 0 unspecified atom stereocenters. The topological polar surface area (TPSA) is 77.3 Å². The van der Waals surface area contributed by atoms with Gasteiger partial charge in [-0.05, 0) is 60.5 Å². The summed E-state index contributed by atoms with van der Waals surface area (Å²) in [4.78, 5) is 20.5. The molecular formula is C27H27N5O2. The minimum absolute atomic E-state index is 0.111. The number of fused-ring (bicyclic) bond motifs is 1. The summed E-state index contributed by atoms with van der Waals surface area (Å²) < 4.78 is 6.74. The van der Waals surface area contributed by atoms with E-state index in [1.165, 1.54) is 17.3 Å². The number of hydrogen-bond acceptors (Lipinski definition) is 5. The Hall–Kier alpha value is -4.02. The predicted molar refractivity (Wildman–Crippen MR) is 134 cm³/mol. The van der Waals surface area contributed by atoms with E-state index in [1.54, 1.807) is 23.9 Å². The molecule has 0 saturated carbocycles. The molecule has 34 heavy (non-hydrogen) atoms. The molecule has 1 aliphatic rings. The molecule has 7 nitrogen and oxygen atoms in total. The van der Waals surface area contributed by atoms with E-state index >= 15 is 0 Å². The van der Waals surface area contributed by atoms with E-state index in [2.05, 4.69) is 39.2 Å². The van der Waals surface area contributed by atoms with Crippen LogP contribution in [0.25, 0.3) is 16.6 Å². The molecule has 1 saturated heterocycles. The van der Waals surface area contributed by atoms with Gasteiger partial charge >= 0.3 is 0 Å². The number of nitriles is 1. The molecule has 1 aliphatic heterocycles. The zero-order valence-electron chi connectivity index (χ0n) is 19.2. The number of methoxy groups -OCH3 is 1. The van der Waals surface area contributed by atoms with Crippen molar-refractivity contribution in [3.63, 3.8) is 0 Å². The number of nitrogens with zero attached hydrogens (tertiary/aromatic N) is 4. The Balaban J connectivity index is 1.18. The van der Waals surface area contributed by atoms with Crippen LogP contribution in [0.1, 0.15) is 11.1 Å². The van der Waals surface area contributed by atoms with E-state index < -0.39 is 0 Å². The summed E-state index contributed by atoms with van der Waals surface area (Å²) in [6.07, 6.45) is 4.77. The normalized spacial score (nSPS) is 14.3. The van der Waals surface area contributed by atoms with E-state index in [9.17, 15) is 10.1 Å². The highest BCUT2D eigenvalue weighted by Gasteiger charge is 2.18. The lowest BCUT2D eigenvalue weighted by Gasteiger charge is -2.36. The molecule has 1 N–H and O–H groups in total. The Bertz CT molecular complexity index is 1390. The Labute approximate surface area is 198 Å². The van der Waals surface area contributed by atoms with Crippen molar-refractivity contribution in [2.75, 3.05) is 44.7 Å². The number of ether oxygens (including phenoxy) is 1. The highest BCUT2D eigenvalue weighted by atomic mass is 16.5. The Morgan fingerprint density at radius 1 is 1.00 bits per heavy atom. The Morgan fingerprint density at radius 3 is 2.47 bits per heavy atom.